The van der Waals surface area contributed by atoms with E-state index in [0.717, 1.165) is 37.7 Å². The number of hydrogen-bond donors (Lipinski definition) is 0. The molecule has 0 saturated heterocycles. The first-order valence-corrected chi connectivity index (χ1v) is 10.9. The number of para-hydroxylation sites is 2. The van der Waals surface area contributed by atoms with Gasteiger partial charge in [0.15, 0.2) is 0 Å². The fourth-order valence-electron chi connectivity index (χ4n) is 4.05. The Balaban J connectivity index is 1.83. The molecule has 1 fully saturated rings. The van der Waals surface area contributed by atoms with E-state index in [-0.39, 0.29) is 12.1 Å². The van der Waals surface area contributed by atoms with Gasteiger partial charge in [0.2, 0.25) is 0 Å². The van der Waals surface area contributed by atoms with Crippen molar-refractivity contribution in [2.45, 2.75) is 62.5 Å². The van der Waals surface area contributed by atoms with Crippen molar-refractivity contribution in [2.24, 2.45) is 0 Å². The van der Waals surface area contributed by atoms with Gasteiger partial charge in [-0.15, -0.1) is 0 Å². The molecule has 0 radical (unpaired) electrons. The average Bonchev–Trinajstić information content (AvgIpc) is 2.61. The summed E-state index contributed by atoms with van der Waals surface area (Å²) in [6.07, 6.45) is 6.13. The molecule has 2 aromatic rings. The Labute approximate surface area is 155 Å². The minimum atomic E-state index is -3.64. The molecule has 1 aliphatic carbocycles. The Bertz CT molecular complexity index is 876. The molecular formula is C21H25NO3S. The molecule has 0 N–H and O–H groups in total. The number of rotatable bonds is 2. The van der Waals surface area contributed by atoms with Crippen molar-refractivity contribution in [1.82, 2.24) is 0 Å². The number of ether oxygens (including phenoxy) is 1. The molecule has 138 valence electrons. The molecule has 0 spiro atoms. The predicted octanol–water partition coefficient (Wildman–Crippen LogP) is 4.67. The van der Waals surface area contributed by atoms with Crippen LogP contribution in [-0.4, -0.2) is 20.6 Å². The van der Waals surface area contributed by atoms with Gasteiger partial charge in [0.25, 0.3) is 10.0 Å². The lowest BCUT2D eigenvalue weighted by atomic mass is 9.92. The van der Waals surface area contributed by atoms with Crippen LogP contribution in [-0.2, 0) is 10.0 Å². The molecule has 0 bridgehead atoms. The van der Waals surface area contributed by atoms with Crippen molar-refractivity contribution in [1.29, 1.82) is 0 Å². The zero-order valence-corrected chi connectivity index (χ0v) is 15.9. The van der Waals surface area contributed by atoms with Gasteiger partial charge in [-0.1, -0.05) is 49.1 Å². The standard InChI is InChI=1S/C21H25NO3S/c1-16-12-14-17(15-13-16)26(23,24)22-18-8-4-2-3-5-10-20(18)25-21-11-7-6-9-19(21)22/h6-7,9,11-15,18,20H,2-5,8,10H2,1H3. The van der Waals surface area contributed by atoms with Crippen LogP contribution in [0.2, 0.25) is 0 Å². The molecule has 2 aromatic carbocycles. The predicted molar refractivity (Wildman–Crippen MR) is 103 cm³/mol. The van der Waals surface area contributed by atoms with Gasteiger partial charge in [-0.3, -0.25) is 4.31 Å². The second-order valence-electron chi connectivity index (χ2n) is 7.30. The van der Waals surface area contributed by atoms with Gasteiger partial charge >= 0.3 is 0 Å². The maximum absolute atomic E-state index is 13.6. The summed E-state index contributed by atoms with van der Waals surface area (Å²) in [5, 5.41) is 0. The van der Waals surface area contributed by atoms with Crippen molar-refractivity contribution in [2.75, 3.05) is 4.31 Å². The highest BCUT2D eigenvalue weighted by atomic mass is 32.2. The minimum absolute atomic E-state index is 0.0783. The van der Waals surface area contributed by atoms with E-state index in [1.165, 1.54) is 6.42 Å². The first kappa shape index (κ1) is 17.4. The normalized spacial score (nSPS) is 23.2. The highest BCUT2D eigenvalue weighted by Gasteiger charge is 2.42. The Kier molecular flexibility index (Phi) is 4.65. The van der Waals surface area contributed by atoms with Crippen LogP contribution in [0.15, 0.2) is 53.4 Å². The molecule has 2 atom stereocenters. The highest BCUT2D eigenvalue weighted by molar-refractivity contribution is 7.92. The van der Waals surface area contributed by atoms with Crippen LogP contribution in [0.1, 0.15) is 44.1 Å². The van der Waals surface area contributed by atoms with Crippen molar-refractivity contribution in [3.05, 3.63) is 54.1 Å². The quantitative estimate of drug-likeness (QED) is 0.770. The summed E-state index contributed by atoms with van der Waals surface area (Å²) in [7, 11) is -3.64. The summed E-state index contributed by atoms with van der Waals surface area (Å²) in [6, 6.07) is 14.5. The largest absolute Gasteiger partial charge is 0.486 e. The maximum Gasteiger partial charge on any atom is 0.264 e. The third-order valence-corrected chi connectivity index (χ3v) is 7.28. The Morgan fingerprint density at radius 1 is 0.923 bits per heavy atom. The fraction of sp³-hybridized carbons (Fsp3) is 0.429. The van der Waals surface area contributed by atoms with Gasteiger partial charge < -0.3 is 4.74 Å². The highest BCUT2D eigenvalue weighted by Crippen LogP contribution is 2.42. The summed E-state index contributed by atoms with van der Waals surface area (Å²) in [5.74, 6) is 0.671. The smallest absolute Gasteiger partial charge is 0.264 e. The van der Waals surface area contributed by atoms with E-state index in [0.29, 0.717) is 16.3 Å². The van der Waals surface area contributed by atoms with Gasteiger partial charge in [-0.05, 0) is 50.5 Å². The van der Waals surface area contributed by atoms with Crippen LogP contribution in [0.3, 0.4) is 0 Å². The van der Waals surface area contributed by atoms with Crippen LogP contribution in [0.25, 0.3) is 0 Å². The number of hydrogen-bond acceptors (Lipinski definition) is 3. The van der Waals surface area contributed by atoms with Crippen molar-refractivity contribution in [3.8, 4) is 5.75 Å². The van der Waals surface area contributed by atoms with Crippen LogP contribution < -0.4 is 9.04 Å². The summed E-state index contributed by atoms with van der Waals surface area (Å²) in [6.45, 7) is 1.96. The van der Waals surface area contributed by atoms with Crippen LogP contribution in [0.5, 0.6) is 5.75 Å². The van der Waals surface area contributed by atoms with Gasteiger partial charge in [-0.25, -0.2) is 8.42 Å². The number of benzene rings is 2. The molecule has 0 aromatic heterocycles. The number of aryl methyl sites for hydroxylation is 1. The summed E-state index contributed by atoms with van der Waals surface area (Å²) in [4.78, 5) is 0.348. The zero-order chi connectivity index (χ0) is 18.1. The van der Waals surface area contributed by atoms with Gasteiger partial charge in [0, 0.05) is 0 Å². The summed E-state index contributed by atoms with van der Waals surface area (Å²) >= 11 is 0. The Hall–Kier alpha value is -2.01. The van der Waals surface area contributed by atoms with E-state index in [1.807, 2.05) is 43.3 Å². The fourth-order valence-corrected chi connectivity index (χ4v) is 5.76. The lowest BCUT2D eigenvalue weighted by Gasteiger charge is -2.43. The monoisotopic (exact) mass is 371 g/mol. The van der Waals surface area contributed by atoms with Crippen molar-refractivity contribution >= 4 is 15.7 Å². The minimum Gasteiger partial charge on any atom is -0.486 e. The van der Waals surface area contributed by atoms with Crippen molar-refractivity contribution in [3.63, 3.8) is 0 Å². The molecule has 1 heterocycles. The molecule has 26 heavy (non-hydrogen) atoms. The second-order valence-corrected chi connectivity index (χ2v) is 9.11. The summed E-state index contributed by atoms with van der Waals surface area (Å²) in [5.41, 5.74) is 1.71. The zero-order valence-electron chi connectivity index (χ0n) is 15.1. The van der Waals surface area contributed by atoms with E-state index >= 15 is 0 Å². The molecular weight excluding hydrogens is 346 g/mol. The third kappa shape index (κ3) is 3.09. The number of fused-ring (bicyclic) bond motifs is 2. The lowest BCUT2D eigenvalue weighted by molar-refractivity contribution is 0.135. The molecule has 1 saturated carbocycles. The number of sulfonamides is 1. The molecule has 4 nitrogen and oxygen atoms in total. The third-order valence-electron chi connectivity index (χ3n) is 5.43. The molecule has 1 aliphatic heterocycles. The summed E-state index contributed by atoms with van der Waals surface area (Å²) < 4.78 is 35.1. The number of nitrogens with zero attached hydrogens (tertiary/aromatic N) is 1. The molecule has 0 amide bonds. The SMILES string of the molecule is Cc1ccc(S(=O)(=O)N2c3ccccc3OC3CCCCCCC32)cc1. The first-order valence-electron chi connectivity index (χ1n) is 9.44. The Morgan fingerprint density at radius 2 is 1.62 bits per heavy atom. The molecule has 4 rings (SSSR count). The number of anilines is 1. The Morgan fingerprint density at radius 3 is 2.38 bits per heavy atom. The molecule has 2 aliphatic rings. The van der Waals surface area contributed by atoms with E-state index in [9.17, 15) is 8.42 Å². The maximum atomic E-state index is 13.6. The lowest BCUT2D eigenvalue weighted by Crippen LogP contribution is -2.52. The molecule has 5 heteroatoms. The van der Waals surface area contributed by atoms with Crippen LogP contribution in [0, 0.1) is 6.92 Å². The van der Waals surface area contributed by atoms with E-state index in [4.69, 9.17) is 4.74 Å². The van der Waals surface area contributed by atoms with Gasteiger partial charge in [0.1, 0.15) is 11.9 Å². The van der Waals surface area contributed by atoms with E-state index < -0.39 is 10.0 Å². The van der Waals surface area contributed by atoms with Crippen LogP contribution >= 0.6 is 0 Å². The first-order chi connectivity index (χ1) is 12.6. The van der Waals surface area contributed by atoms with Gasteiger partial charge in [-0.2, -0.15) is 0 Å². The average molecular weight is 372 g/mol. The van der Waals surface area contributed by atoms with Crippen molar-refractivity contribution < 1.29 is 13.2 Å². The van der Waals surface area contributed by atoms with E-state index in [1.54, 1.807) is 16.4 Å². The second kappa shape index (κ2) is 6.95. The van der Waals surface area contributed by atoms with Crippen LogP contribution in [0.4, 0.5) is 5.69 Å². The molecule has 2 unspecified atom stereocenters. The van der Waals surface area contributed by atoms with Gasteiger partial charge in [0.05, 0.1) is 16.6 Å². The topological polar surface area (TPSA) is 46.6 Å². The van der Waals surface area contributed by atoms with E-state index in [2.05, 4.69) is 0 Å².